The van der Waals surface area contributed by atoms with E-state index in [2.05, 4.69) is 5.32 Å². The average molecular weight is 291 g/mol. The third-order valence-electron chi connectivity index (χ3n) is 2.56. The molecular formula is C14H13NO4S. The predicted molar refractivity (Wildman–Crippen MR) is 75.3 cm³/mol. The Morgan fingerprint density at radius 3 is 2.35 bits per heavy atom. The molecule has 0 fully saturated rings. The number of benzene rings is 2. The molecule has 2 aromatic carbocycles. The molecule has 0 bridgehead atoms. The van der Waals surface area contributed by atoms with Crippen LogP contribution >= 0.6 is 0 Å². The van der Waals surface area contributed by atoms with Crippen LogP contribution in [0.25, 0.3) is 0 Å². The largest absolute Gasteiger partial charge is 0.477 e. The van der Waals surface area contributed by atoms with E-state index in [1.807, 2.05) is 6.07 Å². The number of anilines is 1. The minimum absolute atomic E-state index is 0.0306. The molecule has 1 amide bonds. The standard InChI is InChI=1S/C14H13NO4S/c16-10-15-13-8-4-5-9-14(13)20(17,18)11-19-12-6-2-1-3-7-12/h1-10H,11H2,(H,15,16). The lowest BCUT2D eigenvalue weighted by Gasteiger charge is -2.10. The number of nitrogens with one attached hydrogen (secondary N) is 1. The maximum atomic E-state index is 12.2. The van der Waals surface area contributed by atoms with Crippen LogP contribution in [0.2, 0.25) is 0 Å². The molecule has 0 aliphatic rings. The van der Waals surface area contributed by atoms with E-state index in [1.54, 1.807) is 36.4 Å². The number of hydrogen-bond donors (Lipinski definition) is 1. The van der Waals surface area contributed by atoms with Gasteiger partial charge in [0.15, 0.2) is 5.94 Å². The Balaban J connectivity index is 2.20. The first-order chi connectivity index (χ1) is 9.63. The summed E-state index contributed by atoms with van der Waals surface area (Å²) in [5.41, 5.74) is 0.235. The molecule has 2 aromatic rings. The predicted octanol–water partition coefficient (Wildman–Crippen LogP) is 2.07. The summed E-state index contributed by atoms with van der Waals surface area (Å²) in [4.78, 5) is 10.5. The molecule has 0 aliphatic heterocycles. The molecule has 0 aliphatic carbocycles. The molecule has 20 heavy (non-hydrogen) atoms. The number of carbonyl (C=O) groups is 1. The van der Waals surface area contributed by atoms with Crippen LogP contribution in [-0.4, -0.2) is 20.8 Å². The lowest BCUT2D eigenvalue weighted by Crippen LogP contribution is -2.14. The zero-order chi connectivity index (χ0) is 14.4. The third kappa shape index (κ3) is 3.36. The summed E-state index contributed by atoms with van der Waals surface area (Å²) in [7, 11) is -3.65. The number of hydrogen-bond acceptors (Lipinski definition) is 4. The number of ether oxygens (including phenoxy) is 1. The number of amides is 1. The number of para-hydroxylation sites is 2. The van der Waals surface area contributed by atoms with Gasteiger partial charge in [0, 0.05) is 0 Å². The van der Waals surface area contributed by atoms with Gasteiger partial charge < -0.3 is 10.1 Å². The fourth-order valence-corrected chi connectivity index (χ4v) is 2.81. The van der Waals surface area contributed by atoms with E-state index < -0.39 is 15.8 Å². The number of rotatable bonds is 6. The van der Waals surface area contributed by atoms with Crippen molar-refractivity contribution >= 4 is 21.9 Å². The Kier molecular flexibility index (Phi) is 4.37. The van der Waals surface area contributed by atoms with Crippen molar-refractivity contribution in [1.29, 1.82) is 0 Å². The Hall–Kier alpha value is -2.34. The van der Waals surface area contributed by atoms with Crippen molar-refractivity contribution in [3.05, 3.63) is 54.6 Å². The second-order valence-corrected chi connectivity index (χ2v) is 5.85. The van der Waals surface area contributed by atoms with Crippen LogP contribution in [0.15, 0.2) is 59.5 Å². The Labute approximate surface area is 117 Å². The topological polar surface area (TPSA) is 72.5 Å². The first kappa shape index (κ1) is 14.1. The molecule has 0 atom stereocenters. The van der Waals surface area contributed by atoms with E-state index in [1.165, 1.54) is 12.1 Å². The van der Waals surface area contributed by atoms with Crippen LogP contribution in [0.3, 0.4) is 0 Å². The van der Waals surface area contributed by atoms with Crippen molar-refractivity contribution < 1.29 is 17.9 Å². The van der Waals surface area contributed by atoms with Crippen LogP contribution in [0.1, 0.15) is 0 Å². The molecular weight excluding hydrogens is 278 g/mol. The van der Waals surface area contributed by atoms with Gasteiger partial charge in [-0.15, -0.1) is 0 Å². The van der Waals surface area contributed by atoms with Gasteiger partial charge in [-0.25, -0.2) is 8.42 Å². The molecule has 0 saturated carbocycles. The van der Waals surface area contributed by atoms with Crippen LogP contribution < -0.4 is 10.1 Å². The Morgan fingerprint density at radius 2 is 1.65 bits per heavy atom. The maximum Gasteiger partial charge on any atom is 0.215 e. The van der Waals surface area contributed by atoms with Gasteiger partial charge in [0.2, 0.25) is 16.2 Å². The summed E-state index contributed by atoms with van der Waals surface area (Å²) in [6.07, 6.45) is 0.437. The van der Waals surface area contributed by atoms with Crippen LogP contribution in [0, 0.1) is 0 Å². The van der Waals surface area contributed by atoms with Crippen molar-refractivity contribution in [2.24, 2.45) is 0 Å². The van der Waals surface area contributed by atoms with Crippen LogP contribution in [0.4, 0.5) is 5.69 Å². The summed E-state index contributed by atoms with van der Waals surface area (Å²) in [6.45, 7) is 0. The second kappa shape index (κ2) is 6.21. The molecule has 0 aromatic heterocycles. The van der Waals surface area contributed by atoms with Gasteiger partial charge in [-0.2, -0.15) is 0 Å². The zero-order valence-electron chi connectivity index (χ0n) is 10.5. The monoisotopic (exact) mass is 291 g/mol. The molecule has 0 radical (unpaired) electrons. The van der Waals surface area contributed by atoms with Gasteiger partial charge in [-0.05, 0) is 24.3 Å². The third-order valence-corrected chi connectivity index (χ3v) is 4.01. The highest BCUT2D eigenvalue weighted by atomic mass is 32.2. The normalized spacial score (nSPS) is 10.8. The first-order valence-electron chi connectivity index (χ1n) is 5.83. The smallest absolute Gasteiger partial charge is 0.215 e. The van der Waals surface area contributed by atoms with Crippen molar-refractivity contribution in [2.45, 2.75) is 4.90 Å². The van der Waals surface area contributed by atoms with E-state index in [9.17, 15) is 13.2 Å². The first-order valence-corrected chi connectivity index (χ1v) is 7.48. The van der Waals surface area contributed by atoms with E-state index in [-0.39, 0.29) is 10.6 Å². The molecule has 1 N–H and O–H groups in total. The number of carbonyl (C=O) groups excluding carboxylic acids is 1. The molecule has 0 spiro atoms. The maximum absolute atomic E-state index is 12.2. The van der Waals surface area contributed by atoms with Gasteiger partial charge in [-0.3, -0.25) is 4.79 Å². The lowest BCUT2D eigenvalue weighted by atomic mass is 10.3. The second-order valence-electron chi connectivity index (χ2n) is 3.95. The minimum atomic E-state index is -3.65. The molecule has 6 heteroatoms. The zero-order valence-corrected chi connectivity index (χ0v) is 11.3. The summed E-state index contributed by atoms with van der Waals surface area (Å²) in [5.74, 6) is -0.0221. The Bertz CT molecular complexity index is 683. The molecule has 5 nitrogen and oxygen atoms in total. The molecule has 0 unspecified atom stereocenters. The van der Waals surface area contributed by atoms with E-state index in [0.29, 0.717) is 12.2 Å². The van der Waals surface area contributed by atoms with Crippen molar-refractivity contribution in [3.63, 3.8) is 0 Å². The van der Waals surface area contributed by atoms with Gasteiger partial charge in [0.1, 0.15) is 5.75 Å². The summed E-state index contributed by atoms with van der Waals surface area (Å²) < 4.78 is 29.7. The summed E-state index contributed by atoms with van der Waals surface area (Å²) >= 11 is 0. The van der Waals surface area contributed by atoms with Gasteiger partial charge in [0.05, 0.1) is 10.6 Å². The van der Waals surface area contributed by atoms with Crippen molar-refractivity contribution in [2.75, 3.05) is 11.3 Å². The SMILES string of the molecule is O=CNc1ccccc1S(=O)(=O)COc1ccccc1. The molecule has 0 heterocycles. The summed E-state index contributed by atoms with van der Waals surface area (Å²) in [6, 6.07) is 14.8. The fraction of sp³-hybridized carbons (Fsp3) is 0.0714. The van der Waals surface area contributed by atoms with Gasteiger partial charge in [0.25, 0.3) is 0 Å². The highest BCUT2D eigenvalue weighted by Crippen LogP contribution is 2.22. The quantitative estimate of drug-likeness (QED) is 0.827. The van der Waals surface area contributed by atoms with E-state index in [4.69, 9.17) is 4.74 Å². The van der Waals surface area contributed by atoms with Crippen molar-refractivity contribution in [3.8, 4) is 5.75 Å². The van der Waals surface area contributed by atoms with Crippen LogP contribution in [-0.2, 0) is 14.6 Å². The fourth-order valence-electron chi connectivity index (χ4n) is 1.65. The van der Waals surface area contributed by atoms with Crippen LogP contribution in [0.5, 0.6) is 5.75 Å². The average Bonchev–Trinajstić information content (AvgIpc) is 2.47. The van der Waals surface area contributed by atoms with Gasteiger partial charge >= 0.3 is 0 Å². The highest BCUT2D eigenvalue weighted by Gasteiger charge is 2.19. The molecule has 0 saturated heterocycles. The number of sulfone groups is 1. The lowest BCUT2D eigenvalue weighted by molar-refractivity contribution is -0.105. The summed E-state index contributed by atoms with van der Waals surface area (Å²) in [5, 5.41) is 2.37. The Morgan fingerprint density at radius 1 is 1.00 bits per heavy atom. The highest BCUT2D eigenvalue weighted by molar-refractivity contribution is 7.91. The molecule has 104 valence electrons. The van der Waals surface area contributed by atoms with E-state index in [0.717, 1.165) is 0 Å². The van der Waals surface area contributed by atoms with E-state index >= 15 is 0 Å². The molecule has 2 rings (SSSR count). The van der Waals surface area contributed by atoms with Crippen molar-refractivity contribution in [1.82, 2.24) is 0 Å². The van der Waals surface area contributed by atoms with Gasteiger partial charge in [-0.1, -0.05) is 30.3 Å². The minimum Gasteiger partial charge on any atom is -0.477 e.